The molecule has 0 radical (unpaired) electrons. The first-order chi connectivity index (χ1) is 16.0. The van der Waals surface area contributed by atoms with Crippen molar-refractivity contribution in [3.8, 4) is 6.07 Å². The summed E-state index contributed by atoms with van der Waals surface area (Å²) >= 11 is 1.34. The van der Waals surface area contributed by atoms with Crippen LogP contribution in [0.4, 0.5) is 5.82 Å². The first-order valence-corrected chi connectivity index (χ1v) is 11.7. The fourth-order valence-corrected chi connectivity index (χ4v) is 4.40. The molecule has 166 valence electrons. The van der Waals surface area contributed by atoms with Crippen LogP contribution in [0.3, 0.4) is 0 Å². The van der Waals surface area contributed by atoms with Crippen LogP contribution in [0.15, 0.2) is 65.8 Å². The molecule has 2 aromatic heterocycles. The van der Waals surface area contributed by atoms with Gasteiger partial charge in [0.2, 0.25) is 5.91 Å². The van der Waals surface area contributed by atoms with Gasteiger partial charge in [-0.05, 0) is 30.5 Å². The topological polar surface area (TPSA) is 97.4 Å². The molecule has 0 bridgehead atoms. The molecule has 0 fully saturated rings. The van der Waals surface area contributed by atoms with E-state index in [-0.39, 0.29) is 11.7 Å². The maximum Gasteiger partial charge on any atom is 0.235 e. The Labute approximate surface area is 197 Å². The van der Waals surface area contributed by atoms with E-state index in [9.17, 15) is 10.1 Å². The van der Waals surface area contributed by atoms with E-state index in [1.54, 1.807) is 0 Å². The zero-order chi connectivity index (χ0) is 23.2. The number of benzene rings is 2. The summed E-state index contributed by atoms with van der Waals surface area (Å²) < 4.78 is 0. The van der Waals surface area contributed by atoms with Gasteiger partial charge in [0.05, 0.1) is 17.0 Å². The number of H-pyrrole nitrogens is 2. The minimum Gasteiger partial charge on any atom is -0.344 e. The predicted octanol–water partition coefficient (Wildman–Crippen LogP) is 5.14. The van der Waals surface area contributed by atoms with Crippen molar-refractivity contribution in [2.24, 2.45) is 0 Å². The van der Waals surface area contributed by atoms with E-state index in [1.165, 1.54) is 17.3 Å². The summed E-state index contributed by atoms with van der Waals surface area (Å²) in [5.41, 5.74) is 6.56. The van der Waals surface area contributed by atoms with E-state index < -0.39 is 0 Å². The Kier molecular flexibility index (Phi) is 6.96. The molecule has 2 aromatic carbocycles. The molecule has 0 aliphatic carbocycles. The molecule has 0 aliphatic heterocycles. The number of anilines is 1. The second-order valence-corrected chi connectivity index (χ2v) is 8.83. The number of carbonyl (C=O) groups excluding carboxylic acids is 1. The van der Waals surface area contributed by atoms with Gasteiger partial charge in [0, 0.05) is 24.2 Å². The van der Waals surface area contributed by atoms with E-state index in [0.29, 0.717) is 23.0 Å². The molecule has 0 saturated carbocycles. The van der Waals surface area contributed by atoms with Crippen LogP contribution in [0.5, 0.6) is 0 Å². The van der Waals surface area contributed by atoms with Crippen LogP contribution < -0.4 is 5.32 Å². The highest BCUT2D eigenvalue weighted by molar-refractivity contribution is 7.99. The molecule has 0 saturated heterocycles. The Morgan fingerprint density at radius 1 is 1.00 bits per heavy atom. The molecule has 3 N–H and O–H groups in total. The van der Waals surface area contributed by atoms with Gasteiger partial charge in [0.25, 0.3) is 0 Å². The molecule has 33 heavy (non-hydrogen) atoms. The number of imidazole rings is 1. The highest BCUT2D eigenvalue weighted by Gasteiger charge is 2.17. The van der Waals surface area contributed by atoms with Gasteiger partial charge in [0.15, 0.2) is 5.16 Å². The Morgan fingerprint density at radius 2 is 1.64 bits per heavy atom. The first kappa shape index (κ1) is 22.4. The van der Waals surface area contributed by atoms with Crippen molar-refractivity contribution in [2.45, 2.75) is 31.8 Å². The van der Waals surface area contributed by atoms with E-state index >= 15 is 0 Å². The number of carbonyl (C=O) groups is 1. The lowest BCUT2D eigenvalue weighted by Gasteiger charge is -2.03. The third kappa shape index (κ3) is 5.54. The van der Waals surface area contributed by atoms with Gasteiger partial charge < -0.3 is 15.3 Å². The molecular formula is C26H25N5OS. The highest BCUT2D eigenvalue weighted by atomic mass is 32.2. The summed E-state index contributed by atoms with van der Waals surface area (Å²) in [6.07, 6.45) is 1.41. The third-order valence-corrected chi connectivity index (χ3v) is 6.34. The van der Waals surface area contributed by atoms with E-state index in [4.69, 9.17) is 0 Å². The molecule has 4 rings (SSSR count). The van der Waals surface area contributed by atoms with Crippen LogP contribution in [-0.4, -0.2) is 26.6 Å². The number of amides is 1. The van der Waals surface area contributed by atoms with Crippen molar-refractivity contribution >= 4 is 23.5 Å². The highest BCUT2D eigenvalue weighted by Crippen LogP contribution is 2.25. The zero-order valence-electron chi connectivity index (χ0n) is 18.6. The zero-order valence-corrected chi connectivity index (χ0v) is 19.4. The lowest BCUT2D eigenvalue weighted by Crippen LogP contribution is -2.15. The quantitative estimate of drug-likeness (QED) is 0.321. The standard InChI is InChI=1S/C26H25N5OS/c1-17-21(15-27)25(29-22(17)13-19-9-5-3-6-10-19)31-24(32)16-33-26-28-18(2)23(30-26)14-20-11-7-4-8-12-20/h3-12,29H,13-14,16H2,1-2H3,(H,28,30)(H,31,32). The summed E-state index contributed by atoms with van der Waals surface area (Å²) in [6, 6.07) is 22.4. The number of hydrogen-bond acceptors (Lipinski definition) is 4. The summed E-state index contributed by atoms with van der Waals surface area (Å²) in [6.45, 7) is 3.89. The molecule has 1 amide bonds. The summed E-state index contributed by atoms with van der Waals surface area (Å²) in [5, 5.41) is 13.2. The lowest BCUT2D eigenvalue weighted by molar-refractivity contribution is -0.113. The van der Waals surface area contributed by atoms with Crippen LogP contribution in [0.25, 0.3) is 0 Å². The number of aryl methyl sites for hydroxylation is 1. The third-order valence-electron chi connectivity index (χ3n) is 5.47. The maximum absolute atomic E-state index is 12.6. The Bertz CT molecular complexity index is 1290. The smallest absolute Gasteiger partial charge is 0.235 e. The van der Waals surface area contributed by atoms with E-state index in [1.807, 2.05) is 62.4 Å². The summed E-state index contributed by atoms with van der Waals surface area (Å²) in [4.78, 5) is 23.8. The molecule has 0 spiro atoms. The summed E-state index contributed by atoms with van der Waals surface area (Å²) in [5.74, 6) is 0.448. The van der Waals surface area contributed by atoms with Crippen molar-refractivity contribution in [2.75, 3.05) is 11.1 Å². The number of nitrogens with one attached hydrogen (secondary N) is 3. The second kappa shape index (κ2) is 10.2. The van der Waals surface area contributed by atoms with Gasteiger partial charge in [0.1, 0.15) is 11.9 Å². The Morgan fingerprint density at radius 3 is 2.27 bits per heavy atom. The van der Waals surface area contributed by atoms with Crippen molar-refractivity contribution in [1.29, 1.82) is 5.26 Å². The number of rotatable bonds is 8. The van der Waals surface area contributed by atoms with Gasteiger partial charge in [-0.2, -0.15) is 5.26 Å². The molecule has 2 heterocycles. The number of aromatic amines is 2. The molecule has 4 aromatic rings. The molecule has 0 atom stereocenters. The Hall–Kier alpha value is -3.76. The SMILES string of the molecule is Cc1[nH]c(SCC(=O)Nc2[nH]c(Cc3ccccc3)c(C)c2C#N)nc1Cc1ccccc1. The Balaban J connectivity index is 1.39. The number of thioether (sulfide) groups is 1. The number of nitrogens with zero attached hydrogens (tertiary/aromatic N) is 2. The van der Waals surface area contributed by atoms with Crippen LogP contribution >= 0.6 is 11.8 Å². The van der Waals surface area contributed by atoms with Crippen LogP contribution in [-0.2, 0) is 17.6 Å². The minimum absolute atomic E-state index is 0.189. The monoisotopic (exact) mass is 455 g/mol. The van der Waals surface area contributed by atoms with Crippen molar-refractivity contribution in [3.63, 3.8) is 0 Å². The number of aromatic nitrogens is 3. The maximum atomic E-state index is 12.6. The van der Waals surface area contributed by atoms with E-state index in [2.05, 4.69) is 38.5 Å². The average Bonchev–Trinajstić information content (AvgIpc) is 3.32. The fourth-order valence-electron chi connectivity index (χ4n) is 3.66. The van der Waals surface area contributed by atoms with Crippen molar-refractivity contribution in [3.05, 3.63) is 100.0 Å². The summed E-state index contributed by atoms with van der Waals surface area (Å²) in [7, 11) is 0. The van der Waals surface area contributed by atoms with Gasteiger partial charge in [-0.3, -0.25) is 4.79 Å². The predicted molar refractivity (Wildman–Crippen MR) is 131 cm³/mol. The molecular weight excluding hydrogens is 430 g/mol. The largest absolute Gasteiger partial charge is 0.344 e. The fraction of sp³-hybridized carbons (Fsp3) is 0.192. The second-order valence-electron chi connectivity index (χ2n) is 7.87. The number of hydrogen-bond donors (Lipinski definition) is 3. The average molecular weight is 456 g/mol. The molecule has 7 heteroatoms. The van der Waals surface area contributed by atoms with Crippen LogP contribution in [0, 0.1) is 25.2 Å². The lowest BCUT2D eigenvalue weighted by atomic mass is 10.1. The minimum atomic E-state index is -0.192. The van der Waals surface area contributed by atoms with Gasteiger partial charge in [-0.1, -0.05) is 72.4 Å². The van der Waals surface area contributed by atoms with E-state index in [0.717, 1.165) is 34.6 Å². The van der Waals surface area contributed by atoms with Gasteiger partial charge >= 0.3 is 0 Å². The first-order valence-electron chi connectivity index (χ1n) is 10.7. The normalized spacial score (nSPS) is 10.7. The van der Waals surface area contributed by atoms with Crippen LogP contribution in [0.2, 0.25) is 0 Å². The molecule has 0 unspecified atom stereocenters. The number of nitriles is 1. The molecule has 0 aliphatic rings. The van der Waals surface area contributed by atoms with Crippen molar-refractivity contribution < 1.29 is 4.79 Å². The van der Waals surface area contributed by atoms with Gasteiger partial charge in [-0.15, -0.1) is 0 Å². The van der Waals surface area contributed by atoms with Crippen molar-refractivity contribution in [1.82, 2.24) is 15.0 Å². The van der Waals surface area contributed by atoms with Gasteiger partial charge in [-0.25, -0.2) is 4.98 Å². The molecule has 6 nitrogen and oxygen atoms in total. The van der Waals surface area contributed by atoms with Crippen LogP contribution in [0.1, 0.15) is 39.3 Å².